The molecule has 0 aromatic rings. The van der Waals surface area contributed by atoms with Crippen molar-refractivity contribution in [1.82, 2.24) is 4.90 Å². The first-order chi connectivity index (χ1) is 7.60. The van der Waals surface area contributed by atoms with E-state index in [1.807, 2.05) is 4.90 Å². The van der Waals surface area contributed by atoms with Gasteiger partial charge in [0.15, 0.2) is 0 Å². The fraction of sp³-hybridized carbons (Fsp3) is 0.917. The summed E-state index contributed by atoms with van der Waals surface area (Å²) in [7, 11) is 1.74. The summed E-state index contributed by atoms with van der Waals surface area (Å²) in [5, 5.41) is 0. The number of carbonyl (C=O) groups is 1. The predicted octanol–water partition coefficient (Wildman–Crippen LogP) is 0.855. The Hall–Kier alpha value is -0.610. The van der Waals surface area contributed by atoms with E-state index in [4.69, 9.17) is 10.5 Å². The fourth-order valence-electron chi connectivity index (χ4n) is 2.20. The SMILES string of the molecule is COC1CCN(C(=O)C(CN)C(C)C)CC1. The molecule has 0 aromatic heterocycles. The molecule has 0 spiro atoms. The second kappa shape index (κ2) is 6.21. The molecule has 4 nitrogen and oxygen atoms in total. The highest BCUT2D eigenvalue weighted by molar-refractivity contribution is 5.79. The molecule has 4 heteroatoms. The molecule has 0 bridgehead atoms. The summed E-state index contributed by atoms with van der Waals surface area (Å²) in [6.45, 7) is 6.16. The molecule has 1 saturated heterocycles. The molecule has 1 heterocycles. The van der Waals surface area contributed by atoms with Gasteiger partial charge in [-0.1, -0.05) is 13.8 Å². The average Bonchev–Trinajstić information content (AvgIpc) is 2.29. The number of nitrogens with two attached hydrogens (primary N) is 1. The Morgan fingerprint density at radius 2 is 2.00 bits per heavy atom. The van der Waals surface area contributed by atoms with Crippen molar-refractivity contribution in [1.29, 1.82) is 0 Å². The van der Waals surface area contributed by atoms with Gasteiger partial charge in [0.05, 0.1) is 12.0 Å². The molecule has 1 unspecified atom stereocenters. The number of methoxy groups -OCH3 is 1. The lowest BCUT2D eigenvalue weighted by atomic mass is 9.93. The van der Waals surface area contributed by atoms with Crippen molar-refractivity contribution in [2.75, 3.05) is 26.7 Å². The summed E-state index contributed by atoms with van der Waals surface area (Å²) in [4.78, 5) is 14.1. The summed E-state index contributed by atoms with van der Waals surface area (Å²) >= 11 is 0. The third kappa shape index (κ3) is 3.19. The first-order valence-electron chi connectivity index (χ1n) is 6.11. The average molecular weight is 228 g/mol. The molecular weight excluding hydrogens is 204 g/mol. The monoisotopic (exact) mass is 228 g/mol. The topological polar surface area (TPSA) is 55.6 Å². The normalized spacial score (nSPS) is 20.2. The van der Waals surface area contributed by atoms with Gasteiger partial charge < -0.3 is 15.4 Å². The van der Waals surface area contributed by atoms with Crippen molar-refractivity contribution in [3.05, 3.63) is 0 Å². The number of amides is 1. The lowest BCUT2D eigenvalue weighted by molar-refractivity contribution is -0.138. The maximum Gasteiger partial charge on any atom is 0.227 e. The van der Waals surface area contributed by atoms with Crippen LogP contribution in [0.15, 0.2) is 0 Å². The highest BCUT2D eigenvalue weighted by Crippen LogP contribution is 2.18. The van der Waals surface area contributed by atoms with Crippen LogP contribution in [0.1, 0.15) is 26.7 Å². The maximum absolute atomic E-state index is 12.2. The van der Waals surface area contributed by atoms with Crippen LogP contribution < -0.4 is 5.73 Å². The van der Waals surface area contributed by atoms with E-state index in [2.05, 4.69) is 13.8 Å². The first kappa shape index (κ1) is 13.5. The Morgan fingerprint density at radius 3 is 2.38 bits per heavy atom. The van der Waals surface area contributed by atoms with Crippen molar-refractivity contribution < 1.29 is 9.53 Å². The molecule has 1 aliphatic rings. The third-order valence-electron chi connectivity index (χ3n) is 3.46. The van der Waals surface area contributed by atoms with Crippen molar-refractivity contribution in [2.24, 2.45) is 17.6 Å². The van der Waals surface area contributed by atoms with E-state index in [0.29, 0.717) is 18.6 Å². The van der Waals surface area contributed by atoms with Gasteiger partial charge in [-0.2, -0.15) is 0 Å². The van der Waals surface area contributed by atoms with Crippen LogP contribution in [0.25, 0.3) is 0 Å². The Morgan fingerprint density at radius 1 is 1.44 bits per heavy atom. The molecule has 1 fully saturated rings. The minimum Gasteiger partial charge on any atom is -0.381 e. The van der Waals surface area contributed by atoms with Gasteiger partial charge in [0.1, 0.15) is 0 Å². The van der Waals surface area contributed by atoms with Gasteiger partial charge >= 0.3 is 0 Å². The van der Waals surface area contributed by atoms with Crippen LogP contribution in [0.4, 0.5) is 0 Å². The van der Waals surface area contributed by atoms with Crippen molar-refractivity contribution in [2.45, 2.75) is 32.8 Å². The van der Waals surface area contributed by atoms with Crippen LogP contribution in [-0.4, -0.2) is 43.7 Å². The van der Waals surface area contributed by atoms with E-state index in [9.17, 15) is 4.79 Å². The molecule has 16 heavy (non-hydrogen) atoms. The highest BCUT2D eigenvalue weighted by atomic mass is 16.5. The second-order valence-corrected chi connectivity index (χ2v) is 4.85. The smallest absolute Gasteiger partial charge is 0.227 e. The van der Waals surface area contributed by atoms with Gasteiger partial charge in [-0.15, -0.1) is 0 Å². The molecule has 2 N–H and O–H groups in total. The minimum absolute atomic E-state index is 0.0286. The van der Waals surface area contributed by atoms with Crippen LogP contribution in [0.2, 0.25) is 0 Å². The van der Waals surface area contributed by atoms with E-state index >= 15 is 0 Å². The molecule has 1 aliphatic heterocycles. The van der Waals surface area contributed by atoms with E-state index in [1.54, 1.807) is 7.11 Å². The van der Waals surface area contributed by atoms with Gasteiger partial charge in [-0.25, -0.2) is 0 Å². The number of carbonyl (C=O) groups excluding carboxylic acids is 1. The van der Waals surface area contributed by atoms with Gasteiger partial charge in [0, 0.05) is 26.7 Å². The zero-order valence-corrected chi connectivity index (χ0v) is 10.6. The van der Waals surface area contributed by atoms with Gasteiger partial charge in [-0.05, 0) is 18.8 Å². The Kier molecular flexibility index (Phi) is 5.22. The summed E-state index contributed by atoms with van der Waals surface area (Å²) in [6.07, 6.45) is 2.20. The van der Waals surface area contributed by atoms with Gasteiger partial charge in [0.25, 0.3) is 0 Å². The Bertz CT molecular complexity index is 223. The standard InChI is InChI=1S/C12H24N2O2/c1-9(2)11(8-13)12(15)14-6-4-10(16-3)5-7-14/h9-11H,4-8,13H2,1-3H3. The van der Waals surface area contributed by atoms with Crippen molar-refractivity contribution in [3.63, 3.8) is 0 Å². The van der Waals surface area contributed by atoms with E-state index in [1.165, 1.54) is 0 Å². The number of piperidine rings is 1. The predicted molar refractivity (Wildman–Crippen MR) is 64.0 cm³/mol. The van der Waals surface area contributed by atoms with Crippen LogP contribution in [-0.2, 0) is 9.53 Å². The van der Waals surface area contributed by atoms with Gasteiger partial charge in [0.2, 0.25) is 5.91 Å². The van der Waals surface area contributed by atoms with Gasteiger partial charge in [-0.3, -0.25) is 4.79 Å². The molecule has 0 saturated carbocycles. The summed E-state index contributed by atoms with van der Waals surface area (Å²) in [5.74, 6) is 0.504. The largest absolute Gasteiger partial charge is 0.381 e. The molecule has 1 atom stereocenters. The number of hydrogen-bond donors (Lipinski definition) is 1. The summed E-state index contributed by atoms with van der Waals surface area (Å²) < 4.78 is 5.29. The second-order valence-electron chi connectivity index (χ2n) is 4.85. The molecule has 0 aliphatic carbocycles. The molecule has 94 valence electrons. The molecule has 0 radical (unpaired) electrons. The van der Waals surface area contributed by atoms with Crippen LogP contribution in [0.5, 0.6) is 0 Å². The lowest BCUT2D eigenvalue weighted by Crippen LogP contribution is -2.46. The molecule has 0 aromatic carbocycles. The third-order valence-corrected chi connectivity index (χ3v) is 3.46. The van der Waals surface area contributed by atoms with Crippen LogP contribution in [0.3, 0.4) is 0 Å². The van der Waals surface area contributed by atoms with Crippen molar-refractivity contribution >= 4 is 5.91 Å². The van der Waals surface area contributed by atoms with E-state index < -0.39 is 0 Å². The van der Waals surface area contributed by atoms with E-state index in [0.717, 1.165) is 25.9 Å². The van der Waals surface area contributed by atoms with Crippen molar-refractivity contribution in [3.8, 4) is 0 Å². The number of rotatable bonds is 4. The maximum atomic E-state index is 12.2. The zero-order chi connectivity index (χ0) is 12.1. The lowest BCUT2D eigenvalue weighted by Gasteiger charge is -2.34. The van der Waals surface area contributed by atoms with E-state index in [-0.39, 0.29) is 11.8 Å². The number of nitrogens with zero attached hydrogens (tertiary/aromatic N) is 1. The van der Waals surface area contributed by atoms with Crippen LogP contribution in [0, 0.1) is 11.8 Å². The molecular formula is C12H24N2O2. The fourth-order valence-corrected chi connectivity index (χ4v) is 2.20. The molecule has 1 rings (SSSR count). The van der Waals surface area contributed by atoms with Crippen LogP contribution >= 0.6 is 0 Å². The number of ether oxygens (including phenoxy) is 1. The summed E-state index contributed by atoms with van der Waals surface area (Å²) in [6, 6.07) is 0. The number of likely N-dealkylation sites (tertiary alicyclic amines) is 1. The molecule has 1 amide bonds. The Balaban J connectivity index is 2.49. The summed E-state index contributed by atoms with van der Waals surface area (Å²) in [5.41, 5.74) is 5.66. The minimum atomic E-state index is -0.0286. The highest BCUT2D eigenvalue weighted by Gasteiger charge is 2.28. The Labute approximate surface area is 98.1 Å². The number of hydrogen-bond acceptors (Lipinski definition) is 3. The zero-order valence-electron chi connectivity index (χ0n) is 10.6. The first-order valence-corrected chi connectivity index (χ1v) is 6.11. The quantitative estimate of drug-likeness (QED) is 0.776.